The molecule has 6 nitrogen and oxygen atoms in total. The van der Waals surface area contributed by atoms with E-state index in [-0.39, 0.29) is 12.0 Å². The van der Waals surface area contributed by atoms with Crippen LogP contribution in [-0.4, -0.2) is 40.3 Å². The van der Waals surface area contributed by atoms with Crippen molar-refractivity contribution in [3.63, 3.8) is 0 Å². The molecule has 134 valence electrons. The van der Waals surface area contributed by atoms with E-state index in [0.717, 1.165) is 36.1 Å². The van der Waals surface area contributed by atoms with Crippen LogP contribution in [0, 0.1) is 5.92 Å². The Morgan fingerprint density at radius 1 is 1.40 bits per heavy atom. The number of fused-ring (bicyclic) bond motifs is 1. The molecule has 0 amide bonds. The van der Waals surface area contributed by atoms with Gasteiger partial charge >= 0.3 is 0 Å². The summed E-state index contributed by atoms with van der Waals surface area (Å²) in [4.78, 5) is 7.50. The van der Waals surface area contributed by atoms with Gasteiger partial charge in [0.1, 0.15) is 0 Å². The van der Waals surface area contributed by atoms with Gasteiger partial charge in [0, 0.05) is 17.7 Å². The van der Waals surface area contributed by atoms with E-state index < -0.39 is 0 Å². The predicted octanol–water partition coefficient (Wildman–Crippen LogP) is 4.88. The Morgan fingerprint density at radius 3 is 3.00 bits per heavy atom. The van der Waals surface area contributed by atoms with Crippen LogP contribution in [0.1, 0.15) is 26.7 Å². The Labute approximate surface area is 151 Å². The van der Waals surface area contributed by atoms with Gasteiger partial charge in [0.15, 0.2) is 5.69 Å². The first-order chi connectivity index (χ1) is 12.1. The molecule has 0 radical (unpaired) electrons. The molecule has 0 unspecified atom stereocenters. The van der Waals surface area contributed by atoms with Crippen LogP contribution in [-0.2, 0) is 4.74 Å². The van der Waals surface area contributed by atoms with Crippen LogP contribution in [0.15, 0.2) is 39.5 Å². The maximum atomic E-state index is 10.1. The standard InChI is InChI=1S/C18H24N4O2S/c1-12(2)11-25-18(19-10-13-6-5-9-24-13)22-21-16-14-7-3-4-8-15(14)20-17(16)23/h3-4,7-8,12-13,20,23H,5-6,9-11H2,1-2H3/t13-/m1/s1. The third-order valence-electron chi connectivity index (χ3n) is 3.90. The van der Waals surface area contributed by atoms with Crippen molar-refractivity contribution in [1.82, 2.24) is 4.98 Å². The molecule has 0 aliphatic carbocycles. The molecule has 2 aromatic rings. The van der Waals surface area contributed by atoms with Crippen molar-refractivity contribution in [3.8, 4) is 5.88 Å². The lowest BCUT2D eigenvalue weighted by molar-refractivity contribution is 0.118. The zero-order valence-corrected chi connectivity index (χ0v) is 15.4. The topological polar surface area (TPSA) is 82.3 Å². The second-order valence-electron chi connectivity index (χ2n) is 6.53. The number of aliphatic imine (C=N–C) groups is 1. The molecule has 1 aliphatic heterocycles. The van der Waals surface area contributed by atoms with Gasteiger partial charge in [-0.1, -0.05) is 43.8 Å². The molecule has 1 atom stereocenters. The first kappa shape index (κ1) is 17.9. The van der Waals surface area contributed by atoms with Crippen molar-refractivity contribution in [1.29, 1.82) is 0 Å². The maximum Gasteiger partial charge on any atom is 0.218 e. The monoisotopic (exact) mass is 360 g/mol. The fourth-order valence-electron chi connectivity index (χ4n) is 2.62. The average Bonchev–Trinajstić information content (AvgIpc) is 3.21. The van der Waals surface area contributed by atoms with E-state index in [1.54, 1.807) is 11.8 Å². The van der Waals surface area contributed by atoms with Crippen molar-refractivity contribution in [2.45, 2.75) is 32.8 Å². The SMILES string of the molecule is CC(C)CSC(N=Nc1c(O)[nH]c2ccccc12)=NC[C@H]1CCCO1. The largest absolute Gasteiger partial charge is 0.493 e. The van der Waals surface area contributed by atoms with E-state index in [2.05, 4.69) is 34.1 Å². The molecular weight excluding hydrogens is 336 g/mol. The number of amidine groups is 1. The first-order valence-corrected chi connectivity index (χ1v) is 9.62. The van der Waals surface area contributed by atoms with Crippen LogP contribution in [0.25, 0.3) is 10.9 Å². The Bertz CT molecular complexity index is 764. The van der Waals surface area contributed by atoms with Crippen molar-refractivity contribution in [3.05, 3.63) is 24.3 Å². The fraction of sp³-hybridized carbons (Fsp3) is 0.500. The number of aromatic hydroxyl groups is 1. The molecule has 1 fully saturated rings. The van der Waals surface area contributed by atoms with Gasteiger partial charge in [-0.15, -0.1) is 10.2 Å². The van der Waals surface area contributed by atoms with E-state index in [9.17, 15) is 5.11 Å². The van der Waals surface area contributed by atoms with Gasteiger partial charge in [-0.2, -0.15) is 0 Å². The van der Waals surface area contributed by atoms with Crippen LogP contribution >= 0.6 is 11.8 Å². The normalized spacial score (nSPS) is 18.8. The lowest BCUT2D eigenvalue weighted by Gasteiger charge is -2.07. The molecule has 1 aliphatic rings. The van der Waals surface area contributed by atoms with E-state index in [1.165, 1.54) is 0 Å². The Balaban J connectivity index is 1.78. The highest BCUT2D eigenvalue weighted by molar-refractivity contribution is 8.13. The first-order valence-electron chi connectivity index (χ1n) is 8.63. The van der Waals surface area contributed by atoms with Gasteiger partial charge in [0.2, 0.25) is 11.0 Å². The van der Waals surface area contributed by atoms with Gasteiger partial charge in [-0.25, -0.2) is 0 Å². The third-order valence-corrected chi connectivity index (χ3v) is 5.20. The van der Waals surface area contributed by atoms with Gasteiger partial charge in [0.05, 0.1) is 18.2 Å². The summed E-state index contributed by atoms with van der Waals surface area (Å²) in [5, 5.41) is 20.1. The number of rotatable bonds is 5. The van der Waals surface area contributed by atoms with E-state index in [0.29, 0.717) is 23.3 Å². The van der Waals surface area contributed by atoms with E-state index in [1.807, 2.05) is 24.3 Å². The smallest absolute Gasteiger partial charge is 0.218 e. The van der Waals surface area contributed by atoms with Crippen molar-refractivity contribution in [2.24, 2.45) is 21.1 Å². The average molecular weight is 360 g/mol. The van der Waals surface area contributed by atoms with Gasteiger partial charge < -0.3 is 14.8 Å². The second kappa shape index (κ2) is 8.49. The Kier molecular flexibility index (Phi) is 6.09. The molecule has 1 saturated heterocycles. The summed E-state index contributed by atoms with van der Waals surface area (Å²) in [6.07, 6.45) is 2.33. The number of hydrogen-bond donors (Lipinski definition) is 2. The molecule has 1 aromatic heterocycles. The number of H-pyrrole nitrogens is 1. The number of thioether (sulfide) groups is 1. The zero-order chi connectivity index (χ0) is 17.6. The quantitative estimate of drug-likeness (QED) is 0.453. The van der Waals surface area contributed by atoms with Gasteiger partial charge in [-0.05, 0) is 24.8 Å². The van der Waals surface area contributed by atoms with Crippen LogP contribution < -0.4 is 0 Å². The molecule has 1 aromatic carbocycles. The summed E-state index contributed by atoms with van der Waals surface area (Å²) in [6.45, 7) is 5.75. The van der Waals surface area contributed by atoms with Crippen molar-refractivity contribution >= 4 is 33.5 Å². The molecule has 0 spiro atoms. The lowest BCUT2D eigenvalue weighted by atomic mass is 10.2. The number of aromatic nitrogens is 1. The number of ether oxygens (including phenoxy) is 1. The molecule has 2 N–H and O–H groups in total. The molecule has 0 bridgehead atoms. The predicted molar refractivity (Wildman–Crippen MR) is 103 cm³/mol. The number of benzene rings is 1. The number of azo groups is 1. The highest BCUT2D eigenvalue weighted by Gasteiger charge is 2.15. The summed E-state index contributed by atoms with van der Waals surface area (Å²) < 4.78 is 5.62. The Morgan fingerprint density at radius 2 is 2.24 bits per heavy atom. The number of aromatic amines is 1. The van der Waals surface area contributed by atoms with Gasteiger partial charge in [-0.3, -0.25) is 4.99 Å². The number of nitrogens with zero attached hydrogens (tertiary/aromatic N) is 3. The fourth-order valence-corrected chi connectivity index (χ4v) is 3.37. The van der Waals surface area contributed by atoms with Crippen LogP contribution in [0.5, 0.6) is 5.88 Å². The number of hydrogen-bond acceptors (Lipinski definition) is 5. The van der Waals surface area contributed by atoms with Crippen LogP contribution in [0.2, 0.25) is 0 Å². The number of para-hydroxylation sites is 1. The summed E-state index contributed by atoms with van der Waals surface area (Å²) in [7, 11) is 0. The molecule has 2 heterocycles. The minimum atomic E-state index is 0.0253. The van der Waals surface area contributed by atoms with Crippen molar-refractivity contribution < 1.29 is 9.84 Å². The zero-order valence-electron chi connectivity index (χ0n) is 14.6. The molecular formula is C18H24N4O2S. The lowest BCUT2D eigenvalue weighted by Crippen LogP contribution is -2.10. The highest BCUT2D eigenvalue weighted by atomic mass is 32.2. The van der Waals surface area contributed by atoms with E-state index in [4.69, 9.17) is 4.74 Å². The van der Waals surface area contributed by atoms with Crippen molar-refractivity contribution in [2.75, 3.05) is 18.9 Å². The van der Waals surface area contributed by atoms with Crippen LogP contribution in [0.3, 0.4) is 0 Å². The summed E-state index contributed by atoms with van der Waals surface area (Å²) >= 11 is 1.59. The third kappa shape index (κ3) is 4.83. The van der Waals surface area contributed by atoms with Gasteiger partial charge in [0.25, 0.3) is 0 Å². The summed E-state index contributed by atoms with van der Waals surface area (Å²) in [5.74, 6) is 1.48. The summed E-state index contributed by atoms with van der Waals surface area (Å²) in [5.41, 5.74) is 1.28. The Hall–Kier alpha value is -1.86. The minimum absolute atomic E-state index is 0.0253. The second-order valence-corrected chi connectivity index (χ2v) is 7.52. The molecule has 7 heteroatoms. The highest BCUT2D eigenvalue weighted by Crippen LogP contribution is 2.35. The molecule has 25 heavy (non-hydrogen) atoms. The molecule has 0 saturated carbocycles. The minimum Gasteiger partial charge on any atom is -0.493 e. The summed E-state index contributed by atoms with van der Waals surface area (Å²) in [6, 6.07) is 7.62. The van der Waals surface area contributed by atoms with E-state index >= 15 is 0 Å². The maximum absolute atomic E-state index is 10.1. The van der Waals surface area contributed by atoms with Crippen LogP contribution in [0.4, 0.5) is 5.69 Å². The molecule has 3 rings (SSSR count). The number of nitrogens with one attached hydrogen (secondary N) is 1.